The molecule has 3 rings (SSSR count). The summed E-state index contributed by atoms with van der Waals surface area (Å²) in [5.41, 5.74) is 5.59. The average molecular weight is 341 g/mol. The fourth-order valence-electron chi connectivity index (χ4n) is 5.52. The molecule has 140 valence electrons. The third-order valence-electron chi connectivity index (χ3n) is 7.18. The average Bonchev–Trinajstić information content (AvgIpc) is 2.67. The maximum atomic E-state index is 2.66. The Morgan fingerprint density at radius 2 is 1.72 bits per heavy atom. The molecule has 0 spiro atoms. The third kappa shape index (κ3) is 4.69. The lowest BCUT2D eigenvalue weighted by atomic mass is 9.65. The monoisotopic (exact) mass is 340 g/mol. The van der Waals surface area contributed by atoms with E-state index in [0.717, 1.165) is 5.92 Å². The van der Waals surface area contributed by atoms with E-state index in [1.165, 1.54) is 96.3 Å². The highest BCUT2D eigenvalue weighted by atomic mass is 14.4. The highest BCUT2D eigenvalue weighted by Crippen LogP contribution is 2.44. The predicted octanol–water partition coefficient (Wildman–Crippen LogP) is 7.76. The van der Waals surface area contributed by atoms with Crippen LogP contribution >= 0.6 is 0 Å². The fourth-order valence-corrected chi connectivity index (χ4v) is 5.52. The van der Waals surface area contributed by atoms with E-state index >= 15 is 0 Å². The van der Waals surface area contributed by atoms with Crippen molar-refractivity contribution in [1.82, 2.24) is 0 Å². The second-order valence-corrected chi connectivity index (χ2v) is 9.03. The molecule has 1 aromatic carbocycles. The maximum Gasteiger partial charge on any atom is -0.00469 e. The van der Waals surface area contributed by atoms with E-state index in [0.29, 0.717) is 5.41 Å². The summed E-state index contributed by atoms with van der Waals surface area (Å²) in [6.45, 7) is 4.66. The molecule has 0 aliphatic heterocycles. The number of benzene rings is 1. The van der Waals surface area contributed by atoms with Gasteiger partial charge in [-0.3, -0.25) is 0 Å². The van der Waals surface area contributed by atoms with Gasteiger partial charge in [-0.1, -0.05) is 89.8 Å². The third-order valence-corrected chi connectivity index (χ3v) is 7.18. The molecule has 0 nitrogen and oxygen atoms in total. The van der Waals surface area contributed by atoms with Crippen molar-refractivity contribution in [2.45, 2.75) is 116 Å². The molecule has 0 heteroatoms. The fraction of sp³-hybridized carbons (Fsp3) is 0.760. The normalized spacial score (nSPS) is 22.6. The number of fused-ring (bicyclic) bond motifs is 1. The van der Waals surface area contributed by atoms with Crippen LogP contribution in [-0.4, -0.2) is 0 Å². The molecule has 0 bridgehead atoms. The molecule has 0 saturated heterocycles. The first kappa shape index (κ1) is 19.0. The molecule has 2 aliphatic rings. The Morgan fingerprint density at radius 1 is 0.920 bits per heavy atom. The van der Waals surface area contributed by atoms with E-state index in [2.05, 4.69) is 32.0 Å². The molecule has 0 amide bonds. The molecule has 0 radical (unpaired) electrons. The summed E-state index contributed by atoms with van der Waals surface area (Å²) >= 11 is 0. The van der Waals surface area contributed by atoms with Crippen LogP contribution in [-0.2, 0) is 18.3 Å². The highest BCUT2D eigenvalue weighted by molar-refractivity contribution is 5.38. The summed E-state index contributed by atoms with van der Waals surface area (Å²) < 4.78 is 0. The summed E-state index contributed by atoms with van der Waals surface area (Å²) in [5.74, 6) is 0.950. The van der Waals surface area contributed by atoms with E-state index in [1.54, 1.807) is 16.7 Å². The van der Waals surface area contributed by atoms with Crippen LogP contribution in [0, 0.1) is 5.92 Å². The van der Waals surface area contributed by atoms with E-state index in [1.807, 2.05) is 0 Å². The van der Waals surface area contributed by atoms with Gasteiger partial charge in [0.1, 0.15) is 0 Å². The lowest BCUT2D eigenvalue weighted by Gasteiger charge is -2.39. The van der Waals surface area contributed by atoms with Crippen LogP contribution in [0.2, 0.25) is 0 Å². The van der Waals surface area contributed by atoms with Crippen molar-refractivity contribution in [1.29, 1.82) is 0 Å². The number of hydrogen-bond acceptors (Lipinski definition) is 0. The minimum Gasteiger partial charge on any atom is -0.0654 e. The Bertz CT molecular complexity index is 521. The summed E-state index contributed by atoms with van der Waals surface area (Å²) in [7, 11) is 0. The van der Waals surface area contributed by atoms with Crippen molar-refractivity contribution in [2.75, 3.05) is 0 Å². The largest absolute Gasteiger partial charge is 0.0654 e. The van der Waals surface area contributed by atoms with Crippen molar-refractivity contribution >= 4 is 0 Å². The zero-order valence-electron chi connectivity index (χ0n) is 16.9. The minimum absolute atomic E-state index is 0.515. The lowest BCUT2D eigenvalue weighted by molar-refractivity contribution is 0.265. The standard InChI is InChI=1S/C25H40/c1-3-5-8-16-25(17-9-7-10-18-25)24-15-14-22-19-21(11-6-4-2)12-13-23(22)20-24/h14-15,20-21H,3-13,16-19H2,1-2H3. The zero-order chi connectivity index (χ0) is 17.5. The Hall–Kier alpha value is -0.780. The molecule has 1 saturated carbocycles. The Morgan fingerprint density at radius 3 is 2.48 bits per heavy atom. The molecule has 0 N–H and O–H groups in total. The van der Waals surface area contributed by atoms with Gasteiger partial charge in [0.2, 0.25) is 0 Å². The van der Waals surface area contributed by atoms with Gasteiger partial charge in [0.05, 0.1) is 0 Å². The van der Waals surface area contributed by atoms with Crippen molar-refractivity contribution < 1.29 is 0 Å². The van der Waals surface area contributed by atoms with Gasteiger partial charge in [0.15, 0.2) is 0 Å². The molecule has 25 heavy (non-hydrogen) atoms. The second-order valence-electron chi connectivity index (χ2n) is 9.03. The van der Waals surface area contributed by atoms with E-state index < -0.39 is 0 Å². The number of hydrogen-bond donors (Lipinski definition) is 0. The number of aryl methyl sites for hydroxylation is 1. The van der Waals surface area contributed by atoms with Crippen molar-refractivity contribution in [3.05, 3.63) is 34.9 Å². The maximum absolute atomic E-state index is 2.66. The van der Waals surface area contributed by atoms with Crippen LogP contribution in [0.1, 0.15) is 114 Å². The van der Waals surface area contributed by atoms with Gasteiger partial charge in [-0.05, 0) is 66.5 Å². The smallest absolute Gasteiger partial charge is 0.00469 e. The summed E-state index contributed by atoms with van der Waals surface area (Å²) in [5, 5.41) is 0. The second kappa shape index (κ2) is 9.24. The van der Waals surface area contributed by atoms with Crippen LogP contribution in [0.25, 0.3) is 0 Å². The van der Waals surface area contributed by atoms with Crippen LogP contribution in [0.15, 0.2) is 18.2 Å². The molecule has 1 aromatic rings. The Balaban J connectivity index is 1.75. The molecular formula is C25H40. The van der Waals surface area contributed by atoms with E-state index in [-0.39, 0.29) is 0 Å². The van der Waals surface area contributed by atoms with Gasteiger partial charge < -0.3 is 0 Å². The van der Waals surface area contributed by atoms with E-state index in [4.69, 9.17) is 0 Å². The lowest BCUT2D eigenvalue weighted by Crippen LogP contribution is -2.29. The molecule has 0 heterocycles. The summed E-state index contributed by atoms with van der Waals surface area (Å²) in [6, 6.07) is 7.72. The molecule has 1 atom stereocenters. The topological polar surface area (TPSA) is 0 Å². The molecule has 1 fully saturated rings. The van der Waals surface area contributed by atoms with Gasteiger partial charge in [0.25, 0.3) is 0 Å². The minimum atomic E-state index is 0.515. The van der Waals surface area contributed by atoms with Gasteiger partial charge in [-0.15, -0.1) is 0 Å². The van der Waals surface area contributed by atoms with Gasteiger partial charge in [-0.2, -0.15) is 0 Å². The van der Waals surface area contributed by atoms with Crippen LogP contribution in [0.5, 0.6) is 0 Å². The van der Waals surface area contributed by atoms with Gasteiger partial charge >= 0.3 is 0 Å². The molecule has 1 unspecified atom stereocenters. The first-order valence-electron chi connectivity index (χ1n) is 11.4. The van der Waals surface area contributed by atoms with Crippen molar-refractivity contribution in [3.8, 4) is 0 Å². The SMILES string of the molecule is CCCCCC1(c2ccc3c(c2)CCC(CCCC)C3)CCCCC1. The summed E-state index contributed by atoms with van der Waals surface area (Å²) in [6.07, 6.45) is 21.2. The summed E-state index contributed by atoms with van der Waals surface area (Å²) in [4.78, 5) is 0. The quantitative estimate of drug-likeness (QED) is 0.424. The first-order valence-corrected chi connectivity index (χ1v) is 11.4. The number of unbranched alkanes of at least 4 members (excludes halogenated alkanes) is 3. The van der Waals surface area contributed by atoms with Crippen LogP contribution < -0.4 is 0 Å². The Kier molecular flexibility index (Phi) is 7.02. The van der Waals surface area contributed by atoms with Crippen LogP contribution in [0.4, 0.5) is 0 Å². The Labute approximate surface area is 156 Å². The van der Waals surface area contributed by atoms with Crippen molar-refractivity contribution in [3.63, 3.8) is 0 Å². The molecule has 2 aliphatic carbocycles. The van der Waals surface area contributed by atoms with Gasteiger partial charge in [-0.25, -0.2) is 0 Å². The van der Waals surface area contributed by atoms with Gasteiger partial charge in [0, 0.05) is 0 Å². The highest BCUT2D eigenvalue weighted by Gasteiger charge is 2.34. The predicted molar refractivity (Wildman–Crippen MR) is 110 cm³/mol. The van der Waals surface area contributed by atoms with Crippen LogP contribution in [0.3, 0.4) is 0 Å². The van der Waals surface area contributed by atoms with E-state index in [9.17, 15) is 0 Å². The molecular weight excluding hydrogens is 300 g/mol. The first-order chi connectivity index (χ1) is 12.3. The zero-order valence-corrected chi connectivity index (χ0v) is 16.9. The molecule has 0 aromatic heterocycles. The van der Waals surface area contributed by atoms with Crippen molar-refractivity contribution in [2.24, 2.45) is 5.92 Å². The number of rotatable bonds is 8.